The smallest absolute Gasteiger partial charge is 0.243 e. The van der Waals surface area contributed by atoms with Crippen LogP contribution in [0, 0.1) is 0 Å². The molecule has 1 aliphatic rings. The third-order valence-electron chi connectivity index (χ3n) is 2.40. The number of amides is 2. The minimum Gasteiger partial charge on any atom is -0.300 e. The maximum atomic E-state index is 11.4. The molecule has 1 saturated heterocycles. The zero-order valence-electron chi connectivity index (χ0n) is 8.17. The summed E-state index contributed by atoms with van der Waals surface area (Å²) < 4.78 is 0. The number of hydrogen-bond acceptors (Lipinski definition) is 3. The Kier molecular flexibility index (Phi) is 3.42. The largest absolute Gasteiger partial charge is 0.300 e. The van der Waals surface area contributed by atoms with Crippen molar-refractivity contribution >= 4 is 11.8 Å². The summed E-state index contributed by atoms with van der Waals surface area (Å²) in [6.45, 7) is 4.58. The quantitative estimate of drug-likeness (QED) is 0.634. The summed E-state index contributed by atoms with van der Waals surface area (Å²) in [5.74, 6) is -0.185. The van der Waals surface area contributed by atoms with Gasteiger partial charge in [-0.15, -0.1) is 0 Å². The van der Waals surface area contributed by atoms with Crippen molar-refractivity contribution in [1.29, 1.82) is 0 Å². The standard InChI is InChI=1S/C9H16N2O2/c1-3-7(4-2)11-8(12)5-10-6-9(11)13/h7,10H,3-6H2,1-2H3. The van der Waals surface area contributed by atoms with Crippen LogP contribution in [0.3, 0.4) is 0 Å². The second kappa shape index (κ2) is 4.37. The van der Waals surface area contributed by atoms with Crippen LogP contribution in [0.15, 0.2) is 0 Å². The SMILES string of the molecule is CCC(CC)N1C(=O)CNCC1=O. The van der Waals surface area contributed by atoms with Crippen LogP contribution >= 0.6 is 0 Å². The predicted octanol–water partition coefficient (Wildman–Crippen LogP) is 0.133. The first-order valence-electron chi connectivity index (χ1n) is 4.76. The van der Waals surface area contributed by atoms with E-state index in [-0.39, 0.29) is 17.9 Å². The summed E-state index contributed by atoms with van der Waals surface area (Å²) >= 11 is 0. The molecule has 0 aromatic heterocycles. The minimum absolute atomic E-state index is 0.0853. The van der Waals surface area contributed by atoms with Gasteiger partial charge in [-0.25, -0.2) is 0 Å². The topological polar surface area (TPSA) is 49.4 Å². The number of carbonyl (C=O) groups excluding carboxylic acids is 2. The van der Waals surface area contributed by atoms with Crippen LogP contribution in [-0.2, 0) is 9.59 Å². The fourth-order valence-electron chi connectivity index (χ4n) is 1.65. The second-order valence-electron chi connectivity index (χ2n) is 3.23. The van der Waals surface area contributed by atoms with Crippen molar-refractivity contribution in [2.45, 2.75) is 32.7 Å². The molecule has 2 amide bonds. The van der Waals surface area contributed by atoms with Crippen LogP contribution in [0.25, 0.3) is 0 Å². The Morgan fingerprint density at radius 3 is 2.08 bits per heavy atom. The van der Waals surface area contributed by atoms with Crippen molar-refractivity contribution < 1.29 is 9.59 Å². The molecule has 1 rings (SSSR count). The van der Waals surface area contributed by atoms with Gasteiger partial charge in [0, 0.05) is 6.04 Å². The highest BCUT2D eigenvalue weighted by Gasteiger charge is 2.30. The summed E-state index contributed by atoms with van der Waals surface area (Å²) in [6, 6.07) is 0.0853. The van der Waals surface area contributed by atoms with Crippen molar-refractivity contribution in [2.75, 3.05) is 13.1 Å². The molecular formula is C9H16N2O2. The number of nitrogens with one attached hydrogen (secondary N) is 1. The Hall–Kier alpha value is -0.900. The lowest BCUT2D eigenvalue weighted by Crippen LogP contribution is -2.55. The van der Waals surface area contributed by atoms with E-state index in [4.69, 9.17) is 0 Å². The van der Waals surface area contributed by atoms with Gasteiger partial charge in [-0.05, 0) is 12.8 Å². The van der Waals surface area contributed by atoms with E-state index < -0.39 is 0 Å². The number of piperazine rings is 1. The summed E-state index contributed by atoms with van der Waals surface area (Å²) in [5.41, 5.74) is 0. The molecule has 1 heterocycles. The van der Waals surface area contributed by atoms with Gasteiger partial charge in [-0.3, -0.25) is 19.8 Å². The first-order valence-corrected chi connectivity index (χ1v) is 4.76. The molecule has 1 fully saturated rings. The van der Waals surface area contributed by atoms with Gasteiger partial charge in [0.1, 0.15) is 0 Å². The molecule has 4 heteroatoms. The van der Waals surface area contributed by atoms with Crippen molar-refractivity contribution in [1.82, 2.24) is 10.2 Å². The highest BCUT2D eigenvalue weighted by atomic mass is 16.2. The second-order valence-corrected chi connectivity index (χ2v) is 3.23. The Balaban J connectivity index is 2.72. The van der Waals surface area contributed by atoms with E-state index in [1.165, 1.54) is 4.90 Å². The average molecular weight is 184 g/mol. The van der Waals surface area contributed by atoms with Gasteiger partial charge >= 0.3 is 0 Å². The van der Waals surface area contributed by atoms with E-state index in [9.17, 15) is 9.59 Å². The molecule has 0 spiro atoms. The van der Waals surface area contributed by atoms with Crippen LogP contribution in [-0.4, -0.2) is 35.8 Å². The van der Waals surface area contributed by atoms with E-state index in [0.717, 1.165) is 12.8 Å². The molecule has 0 unspecified atom stereocenters. The molecule has 13 heavy (non-hydrogen) atoms. The lowest BCUT2D eigenvalue weighted by atomic mass is 10.1. The van der Waals surface area contributed by atoms with Crippen LogP contribution in [0.4, 0.5) is 0 Å². The Labute approximate surface area is 78.3 Å². The highest BCUT2D eigenvalue weighted by Crippen LogP contribution is 2.10. The third-order valence-corrected chi connectivity index (χ3v) is 2.40. The van der Waals surface area contributed by atoms with Crippen molar-refractivity contribution in [3.8, 4) is 0 Å². The van der Waals surface area contributed by atoms with E-state index in [0.29, 0.717) is 13.1 Å². The van der Waals surface area contributed by atoms with Gasteiger partial charge in [-0.1, -0.05) is 13.8 Å². The Morgan fingerprint density at radius 2 is 1.69 bits per heavy atom. The van der Waals surface area contributed by atoms with E-state index in [2.05, 4.69) is 5.32 Å². The summed E-state index contributed by atoms with van der Waals surface area (Å²) in [7, 11) is 0. The molecule has 0 aliphatic carbocycles. The van der Waals surface area contributed by atoms with E-state index in [1.54, 1.807) is 0 Å². The van der Waals surface area contributed by atoms with Crippen LogP contribution < -0.4 is 5.32 Å². The molecule has 0 aromatic rings. The lowest BCUT2D eigenvalue weighted by molar-refractivity contribution is -0.149. The van der Waals surface area contributed by atoms with Gasteiger partial charge in [0.15, 0.2) is 0 Å². The number of imide groups is 1. The maximum Gasteiger partial charge on any atom is 0.243 e. The molecule has 1 N–H and O–H groups in total. The average Bonchev–Trinajstić information content (AvgIpc) is 2.11. The number of carbonyl (C=O) groups is 2. The van der Waals surface area contributed by atoms with E-state index in [1.807, 2.05) is 13.8 Å². The number of rotatable bonds is 3. The Morgan fingerprint density at radius 1 is 1.23 bits per heavy atom. The molecule has 0 bridgehead atoms. The molecule has 4 nitrogen and oxygen atoms in total. The predicted molar refractivity (Wildman–Crippen MR) is 49.1 cm³/mol. The highest BCUT2D eigenvalue weighted by molar-refractivity contribution is 5.99. The van der Waals surface area contributed by atoms with Gasteiger partial charge in [0.2, 0.25) is 11.8 Å². The van der Waals surface area contributed by atoms with Crippen molar-refractivity contribution in [2.24, 2.45) is 0 Å². The first kappa shape index (κ1) is 10.2. The van der Waals surface area contributed by atoms with Crippen LogP contribution in [0.1, 0.15) is 26.7 Å². The molecule has 0 aromatic carbocycles. The third kappa shape index (κ3) is 2.06. The van der Waals surface area contributed by atoms with Gasteiger partial charge < -0.3 is 0 Å². The molecule has 0 atom stereocenters. The molecule has 0 saturated carbocycles. The maximum absolute atomic E-state index is 11.4. The normalized spacial score (nSPS) is 18.5. The van der Waals surface area contributed by atoms with Gasteiger partial charge in [0.05, 0.1) is 13.1 Å². The summed E-state index contributed by atoms with van der Waals surface area (Å²) in [5, 5.41) is 2.78. The van der Waals surface area contributed by atoms with Gasteiger partial charge in [-0.2, -0.15) is 0 Å². The monoisotopic (exact) mass is 184 g/mol. The van der Waals surface area contributed by atoms with Crippen molar-refractivity contribution in [3.63, 3.8) is 0 Å². The summed E-state index contributed by atoms with van der Waals surface area (Å²) in [6.07, 6.45) is 1.68. The van der Waals surface area contributed by atoms with Crippen LogP contribution in [0.5, 0.6) is 0 Å². The van der Waals surface area contributed by atoms with Crippen molar-refractivity contribution in [3.05, 3.63) is 0 Å². The lowest BCUT2D eigenvalue weighted by Gasteiger charge is -2.31. The molecular weight excluding hydrogens is 168 g/mol. The zero-order chi connectivity index (χ0) is 9.84. The van der Waals surface area contributed by atoms with Crippen LogP contribution in [0.2, 0.25) is 0 Å². The molecule has 1 aliphatic heterocycles. The minimum atomic E-state index is -0.0926. The number of hydrogen-bond donors (Lipinski definition) is 1. The zero-order valence-corrected chi connectivity index (χ0v) is 8.17. The fraction of sp³-hybridized carbons (Fsp3) is 0.778. The number of nitrogens with zero attached hydrogens (tertiary/aromatic N) is 1. The summed E-state index contributed by atoms with van der Waals surface area (Å²) in [4.78, 5) is 24.2. The first-order chi connectivity index (χ1) is 6.20. The molecule has 74 valence electrons. The Bertz CT molecular complexity index is 196. The van der Waals surface area contributed by atoms with Gasteiger partial charge in [0.25, 0.3) is 0 Å². The fourth-order valence-corrected chi connectivity index (χ4v) is 1.65. The molecule has 0 radical (unpaired) electrons. The van der Waals surface area contributed by atoms with E-state index >= 15 is 0 Å².